The highest BCUT2D eigenvalue weighted by atomic mass is 35.5. The SMILES string of the molecule is CC(C)Cc1ccc(-c2cnc3c(Cl)cccn23)cc1. The van der Waals surface area contributed by atoms with Crippen LogP contribution in [0.15, 0.2) is 48.8 Å². The number of hydrogen-bond donors (Lipinski definition) is 0. The van der Waals surface area contributed by atoms with Gasteiger partial charge in [-0.25, -0.2) is 4.98 Å². The van der Waals surface area contributed by atoms with Gasteiger partial charge in [0.1, 0.15) is 0 Å². The van der Waals surface area contributed by atoms with Gasteiger partial charge in [0.05, 0.1) is 16.9 Å². The summed E-state index contributed by atoms with van der Waals surface area (Å²) >= 11 is 6.16. The second kappa shape index (κ2) is 5.29. The Morgan fingerprint density at radius 1 is 1.15 bits per heavy atom. The average Bonchev–Trinajstić information content (AvgIpc) is 2.84. The van der Waals surface area contributed by atoms with Crippen LogP contribution in [0.1, 0.15) is 19.4 Å². The lowest BCUT2D eigenvalue weighted by Crippen LogP contribution is -1.94. The third-order valence-corrected chi connectivity index (χ3v) is 3.68. The van der Waals surface area contributed by atoms with Crippen LogP contribution in [-0.4, -0.2) is 9.38 Å². The van der Waals surface area contributed by atoms with Crippen molar-refractivity contribution in [3.05, 3.63) is 59.4 Å². The van der Waals surface area contributed by atoms with E-state index in [1.54, 1.807) is 0 Å². The fourth-order valence-electron chi connectivity index (χ4n) is 2.47. The molecule has 0 spiro atoms. The monoisotopic (exact) mass is 284 g/mol. The van der Waals surface area contributed by atoms with Crippen LogP contribution in [0, 0.1) is 5.92 Å². The van der Waals surface area contributed by atoms with Gasteiger partial charge in [0.2, 0.25) is 0 Å². The minimum absolute atomic E-state index is 0.676. The van der Waals surface area contributed by atoms with Crippen LogP contribution in [0.4, 0.5) is 0 Å². The molecule has 3 heteroatoms. The number of fused-ring (bicyclic) bond motifs is 1. The summed E-state index contributed by atoms with van der Waals surface area (Å²) in [5, 5.41) is 0.676. The Hall–Kier alpha value is -1.80. The number of imidazole rings is 1. The number of nitrogens with zero attached hydrogens (tertiary/aromatic N) is 2. The molecule has 3 rings (SSSR count). The Bertz CT molecular complexity index is 726. The van der Waals surface area contributed by atoms with Gasteiger partial charge in [-0.3, -0.25) is 4.40 Å². The number of halogens is 1. The summed E-state index contributed by atoms with van der Waals surface area (Å²) in [5.74, 6) is 0.676. The predicted molar refractivity (Wildman–Crippen MR) is 84.2 cm³/mol. The molecular weight excluding hydrogens is 268 g/mol. The molecule has 0 bridgehead atoms. The Morgan fingerprint density at radius 3 is 2.60 bits per heavy atom. The molecule has 0 unspecified atom stereocenters. The van der Waals surface area contributed by atoms with Crippen molar-refractivity contribution >= 4 is 17.2 Å². The normalized spacial score (nSPS) is 11.4. The quantitative estimate of drug-likeness (QED) is 0.672. The zero-order valence-corrected chi connectivity index (χ0v) is 12.4. The molecule has 102 valence electrons. The lowest BCUT2D eigenvalue weighted by atomic mass is 10.0. The second-order valence-corrected chi connectivity index (χ2v) is 5.90. The van der Waals surface area contributed by atoms with E-state index in [9.17, 15) is 0 Å². The van der Waals surface area contributed by atoms with E-state index in [2.05, 4.69) is 43.1 Å². The van der Waals surface area contributed by atoms with Crippen LogP contribution in [0.5, 0.6) is 0 Å². The molecule has 2 nitrogen and oxygen atoms in total. The van der Waals surface area contributed by atoms with Crippen molar-refractivity contribution in [1.29, 1.82) is 0 Å². The van der Waals surface area contributed by atoms with E-state index >= 15 is 0 Å². The molecule has 2 heterocycles. The molecule has 3 aromatic rings. The smallest absolute Gasteiger partial charge is 0.156 e. The highest BCUT2D eigenvalue weighted by molar-refractivity contribution is 6.33. The molecule has 1 aromatic carbocycles. The highest BCUT2D eigenvalue weighted by Gasteiger charge is 2.08. The molecule has 0 N–H and O–H groups in total. The van der Waals surface area contributed by atoms with E-state index in [1.165, 1.54) is 5.56 Å². The van der Waals surface area contributed by atoms with Crippen molar-refractivity contribution in [2.75, 3.05) is 0 Å². The fraction of sp³-hybridized carbons (Fsp3) is 0.235. The number of benzene rings is 1. The minimum Gasteiger partial charge on any atom is -0.298 e. The molecule has 0 atom stereocenters. The van der Waals surface area contributed by atoms with Crippen LogP contribution in [0.3, 0.4) is 0 Å². The molecule has 20 heavy (non-hydrogen) atoms. The van der Waals surface area contributed by atoms with Crippen molar-refractivity contribution < 1.29 is 0 Å². The lowest BCUT2D eigenvalue weighted by Gasteiger charge is -2.07. The summed E-state index contributed by atoms with van der Waals surface area (Å²) in [6.07, 6.45) is 4.98. The van der Waals surface area contributed by atoms with E-state index < -0.39 is 0 Å². The standard InChI is InChI=1S/C17H17ClN2/c1-12(2)10-13-5-7-14(8-6-13)16-11-19-17-15(18)4-3-9-20(16)17/h3-9,11-12H,10H2,1-2H3. The number of rotatable bonds is 3. The van der Waals surface area contributed by atoms with Gasteiger partial charge in [-0.05, 0) is 30.0 Å². The van der Waals surface area contributed by atoms with Crippen molar-refractivity contribution in [2.45, 2.75) is 20.3 Å². The van der Waals surface area contributed by atoms with Crippen LogP contribution < -0.4 is 0 Å². The summed E-state index contributed by atoms with van der Waals surface area (Å²) in [4.78, 5) is 4.40. The molecule has 2 aromatic heterocycles. The van der Waals surface area contributed by atoms with Crippen LogP contribution in [0.25, 0.3) is 16.9 Å². The Kier molecular flexibility index (Phi) is 3.49. The molecule has 0 aliphatic heterocycles. The van der Waals surface area contributed by atoms with Crippen LogP contribution >= 0.6 is 11.6 Å². The molecule has 0 saturated carbocycles. The first kappa shape index (κ1) is 13.2. The maximum atomic E-state index is 6.16. The van der Waals surface area contributed by atoms with Gasteiger partial charge in [-0.2, -0.15) is 0 Å². The second-order valence-electron chi connectivity index (χ2n) is 5.49. The minimum atomic E-state index is 0.676. The molecule has 0 aliphatic rings. The molecule has 0 aliphatic carbocycles. The van der Waals surface area contributed by atoms with E-state index in [4.69, 9.17) is 11.6 Å². The van der Waals surface area contributed by atoms with Crippen molar-refractivity contribution in [1.82, 2.24) is 9.38 Å². The van der Waals surface area contributed by atoms with E-state index in [-0.39, 0.29) is 0 Å². The lowest BCUT2D eigenvalue weighted by molar-refractivity contribution is 0.647. The molecule has 0 fully saturated rings. The van der Waals surface area contributed by atoms with Gasteiger partial charge < -0.3 is 0 Å². The molecule has 0 amide bonds. The number of pyridine rings is 1. The maximum Gasteiger partial charge on any atom is 0.156 e. The first-order chi connectivity index (χ1) is 9.65. The first-order valence-electron chi connectivity index (χ1n) is 6.86. The summed E-state index contributed by atoms with van der Waals surface area (Å²) in [6.45, 7) is 4.47. The van der Waals surface area contributed by atoms with Gasteiger partial charge in [-0.15, -0.1) is 0 Å². The van der Waals surface area contributed by atoms with Gasteiger partial charge in [-0.1, -0.05) is 49.7 Å². The Morgan fingerprint density at radius 2 is 1.90 bits per heavy atom. The molecule has 0 radical (unpaired) electrons. The van der Waals surface area contributed by atoms with Gasteiger partial charge in [0.25, 0.3) is 0 Å². The van der Waals surface area contributed by atoms with Gasteiger partial charge >= 0.3 is 0 Å². The zero-order valence-electron chi connectivity index (χ0n) is 11.7. The summed E-state index contributed by atoms with van der Waals surface area (Å²) in [5.41, 5.74) is 4.40. The number of hydrogen-bond acceptors (Lipinski definition) is 1. The fourth-order valence-corrected chi connectivity index (χ4v) is 2.69. The third-order valence-electron chi connectivity index (χ3n) is 3.38. The topological polar surface area (TPSA) is 17.3 Å². The van der Waals surface area contributed by atoms with E-state index in [1.807, 2.05) is 28.9 Å². The Labute approximate surface area is 124 Å². The largest absolute Gasteiger partial charge is 0.298 e. The van der Waals surface area contributed by atoms with Gasteiger partial charge in [0, 0.05) is 11.8 Å². The van der Waals surface area contributed by atoms with Crippen molar-refractivity contribution in [3.63, 3.8) is 0 Å². The van der Waals surface area contributed by atoms with E-state index in [0.717, 1.165) is 23.3 Å². The average molecular weight is 285 g/mol. The Balaban J connectivity index is 2.01. The van der Waals surface area contributed by atoms with E-state index in [0.29, 0.717) is 10.9 Å². The predicted octanol–water partition coefficient (Wildman–Crippen LogP) is 4.85. The number of aromatic nitrogens is 2. The third kappa shape index (κ3) is 2.44. The van der Waals surface area contributed by atoms with Crippen molar-refractivity contribution in [3.8, 4) is 11.3 Å². The maximum absolute atomic E-state index is 6.16. The molecule has 0 saturated heterocycles. The summed E-state index contributed by atoms with van der Waals surface area (Å²) in [6, 6.07) is 12.5. The highest BCUT2D eigenvalue weighted by Crippen LogP contribution is 2.25. The molecular formula is C17H17ClN2. The zero-order chi connectivity index (χ0) is 14.1. The first-order valence-corrected chi connectivity index (χ1v) is 7.24. The van der Waals surface area contributed by atoms with Gasteiger partial charge in [0.15, 0.2) is 5.65 Å². The van der Waals surface area contributed by atoms with Crippen LogP contribution in [0.2, 0.25) is 5.02 Å². The summed E-state index contributed by atoms with van der Waals surface area (Å²) in [7, 11) is 0. The van der Waals surface area contributed by atoms with Crippen LogP contribution in [-0.2, 0) is 6.42 Å². The summed E-state index contributed by atoms with van der Waals surface area (Å²) < 4.78 is 2.03. The van der Waals surface area contributed by atoms with Crippen molar-refractivity contribution in [2.24, 2.45) is 5.92 Å².